The summed E-state index contributed by atoms with van der Waals surface area (Å²) in [4.78, 5) is 24.9. The van der Waals surface area contributed by atoms with E-state index in [4.69, 9.17) is 4.42 Å². The maximum absolute atomic E-state index is 12.6. The van der Waals surface area contributed by atoms with Gasteiger partial charge in [0.25, 0.3) is 0 Å². The van der Waals surface area contributed by atoms with Crippen molar-refractivity contribution in [2.45, 2.75) is 57.9 Å². The Kier molecular flexibility index (Phi) is 5.49. The highest BCUT2D eigenvalue weighted by molar-refractivity contribution is 5.93. The molecule has 1 aromatic heterocycles. The van der Waals surface area contributed by atoms with Crippen LogP contribution in [0.4, 0.5) is 5.69 Å². The molecule has 0 spiro atoms. The predicted octanol–water partition coefficient (Wildman–Crippen LogP) is 4.91. The number of hydrogen-bond acceptors (Lipinski definition) is 3. The van der Waals surface area contributed by atoms with Crippen LogP contribution >= 0.6 is 0 Å². The standard InChI is InChI=1S/C26H28N2O3/c29-25(14-21-16-31-24-13-20-9-4-8-19(20)12-23(21)24)27-15-17-5-3-10-22(11-17)28-26(30)18-6-1-2-7-18/h3,5,10-13,16,18H,1-2,4,6-9,14-15H2,(H,27,29)(H,28,30). The Bertz CT molecular complexity index is 1120. The van der Waals surface area contributed by atoms with E-state index in [1.165, 1.54) is 17.5 Å². The molecule has 0 radical (unpaired) electrons. The molecule has 2 aromatic carbocycles. The van der Waals surface area contributed by atoms with Crippen molar-refractivity contribution in [3.63, 3.8) is 0 Å². The minimum atomic E-state index is -0.0383. The summed E-state index contributed by atoms with van der Waals surface area (Å²) in [6.45, 7) is 0.428. The molecule has 0 bridgehead atoms. The first-order valence-electron chi connectivity index (χ1n) is 11.3. The number of carbonyl (C=O) groups excluding carboxylic acids is 2. The zero-order valence-electron chi connectivity index (χ0n) is 17.7. The third kappa shape index (κ3) is 4.36. The fourth-order valence-corrected chi connectivity index (χ4v) is 4.91. The van der Waals surface area contributed by atoms with Crippen LogP contribution in [0, 0.1) is 5.92 Å². The van der Waals surface area contributed by atoms with E-state index in [0.717, 1.165) is 66.3 Å². The Morgan fingerprint density at radius 2 is 1.81 bits per heavy atom. The maximum atomic E-state index is 12.6. The van der Waals surface area contributed by atoms with Crippen molar-refractivity contribution in [3.05, 3.63) is 64.9 Å². The number of fused-ring (bicyclic) bond motifs is 2. The summed E-state index contributed by atoms with van der Waals surface area (Å²) in [7, 11) is 0. The van der Waals surface area contributed by atoms with Crippen LogP contribution in [0.5, 0.6) is 0 Å². The summed E-state index contributed by atoms with van der Waals surface area (Å²) >= 11 is 0. The molecule has 31 heavy (non-hydrogen) atoms. The number of carbonyl (C=O) groups is 2. The van der Waals surface area contributed by atoms with Crippen LogP contribution in [0.3, 0.4) is 0 Å². The number of nitrogens with one attached hydrogen (secondary N) is 2. The second-order valence-corrected chi connectivity index (χ2v) is 8.86. The first-order chi connectivity index (χ1) is 15.2. The minimum absolute atomic E-state index is 0.0383. The Hall–Kier alpha value is -3.08. The van der Waals surface area contributed by atoms with Gasteiger partial charge < -0.3 is 15.1 Å². The average molecular weight is 417 g/mol. The van der Waals surface area contributed by atoms with Gasteiger partial charge >= 0.3 is 0 Å². The molecule has 0 aliphatic heterocycles. The van der Waals surface area contributed by atoms with Crippen molar-refractivity contribution < 1.29 is 14.0 Å². The third-order valence-corrected chi connectivity index (χ3v) is 6.63. The molecule has 1 fully saturated rings. The molecule has 2 amide bonds. The Morgan fingerprint density at radius 1 is 1.00 bits per heavy atom. The Balaban J connectivity index is 1.19. The lowest BCUT2D eigenvalue weighted by Crippen LogP contribution is -2.24. The lowest BCUT2D eigenvalue weighted by atomic mass is 10.0. The molecular weight excluding hydrogens is 388 g/mol. The molecule has 0 saturated heterocycles. The van der Waals surface area contributed by atoms with Crippen molar-refractivity contribution >= 4 is 28.5 Å². The normalized spacial score (nSPS) is 15.9. The van der Waals surface area contributed by atoms with Gasteiger partial charge in [0, 0.05) is 29.1 Å². The highest BCUT2D eigenvalue weighted by atomic mass is 16.3. The van der Waals surface area contributed by atoms with E-state index in [9.17, 15) is 9.59 Å². The van der Waals surface area contributed by atoms with Crippen molar-refractivity contribution in [2.75, 3.05) is 5.32 Å². The van der Waals surface area contributed by atoms with Crippen LogP contribution in [0.1, 0.15) is 54.4 Å². The van der Waals surface area contributed by atoms with Gasteiger partial charge in [0.15, 0.2) is 0 Å². The molecule has 2 aliphatic carbocycles. The summed E-state index contributed by atoms with van der Waals surface area (Å²) < 4.78 is 5.71. The van der Waals surface area contributed by atoms with Crippen LogP contribution < -0.4 is 10.6 Å². The zero-order valence-corrected chi connectivity index (χ0v) is 17.7. The van der Waals surface area contributed by atoms with Gasteiger partial charge in [-0.3, -0.25) is 9.59 Å². The van der Waals surface area contributed by atoms with Crippen LogP contribution in [-0.2, 0) is 35.4 Å². The smallest absolute Gasteiger partial charge is 0.227 e. The predicted molar refractivity (Wildman–Crippen MR) is 121 cm³/mol. The largest absolute Gasteiger partial charge is 0.464 e. The SMILES string of the molecule is O=C(Cc1coc2cc3c(cc12)CCC3)NCc1cccc(NC(=O)C2CCCC2)c1. The Labute approximate surface area is 182 Å². The van der Waals surface area contributed by atoms with Crippen molar-refractivity contribution in [1.29, 1.82) is 0 Å². The lowest BCUT2D eigenvalue weighted by Gasteiger charge is -2.12. The van der Waals surface area contributed by atoms with E-state index in [0.29, 0.717) is 13.0 Å². The molecule has 3 aromatic rings. The minimum Gasteiger partial charge on any atom is -0.464 e. The molecule has 5 heteroatoms. The monoisotopic (exact) mass is 416 g/mol. The summed E-state index contributed by atoms with van der Waals surface area (Å²) in [6, 6.07) is 12.0. The molecule has 0 atom stereocenters. The van der Waals surface area contributed by atoms with Gasteiger partial charge in [-0.25, -0.2) is 0 Å². The molecule has 0 unspecified atom stereocenters. The summed E-state index contributed by atoms with van der Waals surface area (Å²) in [5, 5.41) is 7.07. The lowest BCUT2D eigenvalue weighted by molar-refractivity contribution is -0.121. The van der Waals surface area contributed by atoms with E-state index in [1.807, 2.05) is 24.3 Å². The van der Waals surface area contributed by atoms with E-state index in [2.05, 4.69) is 22.8 Å². The van der Waals surface area contributed by atoms with E-state index >= 15 is 0 Å². The number of amides is 2. The molecule has 5 rings (SSSR count). The van der Waals surface area contributed by atoms with Crippen molar-refractivity contribution in [3.8, 4) is 0 Å². The fraction of sp³-hybridized carbons (Fsp3) is 0.385. The first kappa shape index (κ1) is 19.9. The van der Waals surface area contributed by atoms with Gasteiger partial charge in [-0.2, -0.15) is 0 Å². The van der Waals surface area contributed by atoms with Crippen LogP contribution in [0.2, 0.25) is 0 Å². The van der Waals surface area contributed by atoms with Crippen LogP contribution in [0.15, 0.2) is 47.1 Å². The van der Waals surface area contributed by atoms with E-state index in [-0.39, 0.29) is 17.7 Å². The van der Waals surface area contributed by atoms with E-state index in [1.54, 1.807) is 6.26 Å². The highest BCUT2D eigenvalue weighted by Crippen LogP contribution is 2.30. The maximum Gasteiger partial charge on any atom is 0.227 e. The summed E-state index contributed by atoms with van der Waals surface area (Å²) in [5.41, 5.74) is 6.31. The molecule has 2 N–H and O–H groups in total. The van der Waals surface area contributed by atoms with Gasteiger partial charge in [0.1, 0.15) is 5.58 Å². The molecular formula is C26H28N2O3. The second kappa shape index (κ2) is 8.58. The molecule has 1 saturated carbocycles. The summed E-state index contributed by atoms with van der Waals surface area (Å²) in [5.74, 6) is 0.204. The number of rotatable bonds is 6. The highest BCUT2D eigenvalue weighted by Gasteiger charge is 2.22. The topological polar surface area (TPSA) is 71.3 Å². The average Bonchev–Trinajstić information content (AvgIpc) is 3.52. The molecule has 1 heterocycles. The number of furan rings is 1. The summed E-state index contributed by atoms with van der Waals surface area (Å²) in [6.07, 6.45) is 9.65. The fourth-order valence-electron chi connectivity index (χ4n) is 4.91. The zero-order chi connectivity index (χ0) is 21.2. The number of benzene rings is 2. The van der Waals surface area contributed by atoms with Gasteiger partial charge in [-0.05, 0) is 73.1 Å². The molecule has 160 valence electrons. The number of anilines is 1. The quantitative estimate of drug-likeness (QED) is 0.600. The van der Waals surface area contributed by atoms with Crippen LogP contribution in [0.25, 0.3) is 11.0 Å². The van der Waals surface area contributed by atoms with Gasteiger partial charge in [0.05, 0.1) is 12.7 Å². The Morgan fingerprint density at radius 3 is 2.65 bits per heavy atom. The van der Waals surface area contributed by atoms with Gasteiger partial charge in [-0.1, -0.05) is 25.0 Å². The second-order valence-electron chi connectivity index (χ2n) is 8.86. The third-order valence-electron chi connectivity index (χ3n) is 6.63. The van der Waals surface area contributed by atoms with Gasteiger partial charge in [0.2, 0.25) is 11.8 Å². The van der Waals surface area contributed by atoms with Crippen molar-refractivity contribution in [2.24, 2.45) is 5.92 Å². The van der Waals surface area contributed by atoms with Crippen LogP contribution in [-0.4, -0.2) is 11.8 Å². The van der Waals surface area contributed by atoms with Gasteiger partial charge in [-0.15, -0.1) is 0 Å². The number of aryl methyl sites for hydroxylation is 2. The first-order valence-corrected chi connectivity index (χ1v) is 11.3. The molecule has 2 aliphatic rings. The van der Waals surface area contributed by atoms with Crippen molar-refractivity contribution in [1.82, 2.24) is 5.32 Å². The molecule has 5 nitrogen and oxygen atoms in total. The van der Waals surface area contributed by atoms with E-state index < -0.39 is 0 Å². The number of hydrogen-bond donors (Lipinski definition) is 2.